The average molecular weight is 386 g/mol. The maximum atomic E-state index is 13.5. The average Bonchev–Trinajstić information content (AvgIpc) is 3.54. The zero-order valence-corrected chi connectivity index (χ0v) is 16.8. The van der Waals surface area contributed by atoms with E-state index < -0.39 is 6.10 Å². The molecule has 0 saturated heterocycles. The number of aliphatic hydroxyl groups excluding tert-OH is 1. The molecule has 0 radical (unpaired) electrons. The zero-order chi connectivity index (χ0) is 20.4. The number of aliphatic hydroxyl groups is 1. The molecule has 4 rings (SSSR count). The molecule has 0 heterocycles. The Morgan fingerprint density at radius 1 is 0.793 bits per heavy atom. The van der Waals surface area contributed by atoms with Crippen molar-refractivity contribution >= 4 is 5.91 Å². The maximum Gasteiger partial charge on any atom is 0.227 e. The molecule has 3 nitrogen and oxygen atoms in total. The van der Waals surface area contributed by atoms with E-state index >= 15 is 0 Å². The Morgan fingerprint density at radius 3 is 1.66 bits per heavy atom. The smallest absolute Gasteiger partial charge is 0.227 e. The highest BCUT2D eigenvalue weighted by Gasteiger charge is 2.57. The van der Waals surface area contributed by atoms with Crippen LogP contribution in [0.3, 0.4) is 0 Å². The van der Waals surface area contributed by atoms with Crippen molar-refractivity contribution in [1.82, 2.24) is 4.90 Å². The molecule has 1 N–H and O–H groups in total. The minimum Gasteiger partial charge on any atom is -0.386 e. The van der Waals surface area contributed by atoms with Crippen LogP contribution in [0.15, 0.2) is 91.0 Å². The van der Waals surface area contributed by atoms with Crippen LogP contribution in [0.5, 0.6) is 0 Å². The molecule has 1 aliphatic carbocycles. The van der Waals surface area contributed by atoms with Crippen molar-refractivity contribution in [3.8, 4) is 0 Å². The van der Waals surface area contributed by atoms with Gasteiger partial charge >= 0.3 is 0 Å². The molecule has 1 aliphatic rings. The summed E-state index contributed by atoms with van der Waals surface area (Å²) in [6.07, 6.45) is -0.714. The van der Waals surface area contributed by atoms with E-state index in [-0.39, 0.29) is 29.7 Å². The molecule has 148 valence electrons. The lowest BCUT2D eigenvalue weighted by atomic mass is 10.0. The van der Waals surface area contributed by atoms with Gasteiger partial charge in [0, 0.05) is 18.9 Å². The maximum absolute atomic E-state index is 13.5. The third-order valence-corrected chi connectivity index (χ3v) is 6.23. The minimum atomic E-state index is -0.714. The molecule has 29 heavy (non-hydrogen) atoms. The Bertz CT molecular complexity index is 897. The second-order valence-corrected chi connectivity index (χ2v) is 7.94. The van der Waals surface area contributed by atoms with Gasteiger partial charge in [-0.1, -0.05) is 91.0 Å². The van der Waals surface area contributed by atoms with Gasteiger partial charge < -0.3 is 10.0 Å². The van der Waals surface area contributed by atoms with Crippen LogP contribution in [0.1, 0.15) is 41.6 Å². The molecule has 3 aromatic carbocycles. The molecule has 5 atom stereocenters. The van der Waals surface area contributed by atoms with Crippen molar-refractivity contribution in [2.75, 3.05) is 7.05 Å². The molecular formula is C26H27NO2. The van der Waals surface area contributed by atoms with Crippen molar-refractivity contribution in [2.45, 2.75) is 30.9 Å². The molecule has 0 aromatic heterocycles. The third-order valence-electron chi connectivity index (χ3n) is 6.23. The summed E-state index contributed by atoms with van der Waals surface area (Å²) in [4.78, 5) is 15.2. The molecule has 1 amide bonds. The molecule has 3 heteroatoms. The topological polar surface area (TPSA) is 40.5 Å². The number of amides is 1. The summed E-state index contributed by atoms with van der Waals surface area (Å²) in [7, 11) is 1.81. The second kappa shape index (κ2) is 8.22. The summed E-state index contributed by atoms with van der Waals surface area (Å²) in [5.41, 5.74) is 3.23. The van der Waals surface area contributed by atoms with Crippen molar-refractivity contribution in [3.05, 3.63) is 108 Å². The lowest BCUT2D eigenvalue weighted by Gasteiger charge is -2.29. The summed E-state index contributed by atoms with van der Waals surface area (Å²) in [5.74, 6) is 0.342. The number of carbonyl (C=O) groups excluding carboxylic acids is 1. The van der Waals surface area contributed by atoms with Gasteiger partial charge in [0.2, 0.25) is 5.91 Å². The monoisotopic (exact) mass is 385 g/mol. The SMILES string of the molecule is C[C@@H]([C@H](O)c1ccccc1)N(C)C(=O)C1[C@@H](c2ccccc2)[C@H]1c1ccccc1. The number of hydrogen-bond donors (Lipinski definition) is 1. The van der Waals surface area contributed by atoms with E-state index in [1.165, 1.54) is 11.1 Å². The molecular weight excluding hydrogens is 358 g/mol. The van der Waals surface area contributed by atoms with Crippen LogP contribution in [0.4, 0.5) is 0 Å². The largest absolute Gasteiger partial charge is 0.386 e. The first-order valence-corrected chi connectivity index (χ1v) is 10.2. The second-order valence-electron chi connectivity index (χ2n) is 7.94. The number of benzene rings is 3. The van der Waals surface area contributed by atoms with Crippen molar-refractivity contribution < 1.29 is 9.90 Å². The predicted molar refractivity (Wildman–Crippen MR) is 115 cm³/mol. The summed E-state index contributed by atoms with van der Waals surface area (Å²) in [6, 6.07) is 29.8. The third kappa shape index (κ3) is 3.83. The summed E-state index contributed by atoms with van der Waals surface area (Å²) in [6.45, 7) is 1.91. The lowest BCUT2D eigenvalue weighted by Crippen LogP contribution is -2.40. The molecule has 3 aromatic rings. The van der Waals surface area contributed by atoms with Gasteiger partial charge in [-0.15, -0.1) is 0 Å². The summed E-state index contributed by atoms with van der Waals surface area (Å²) >= 11 is 0. The van der Waals surface area contributed by atoms with Gasteiger partial charge in [0.15, 0.2) is 0 Å². The van der Waals surface area contributed by atoms with E-state index in [2.05, 4.69) is 24.3 Å². The number of nitrogens with zero attached hydrogens (tertiary/aromatic N) is 1. The van der Waals surface area contributed by atoms with Crippen LogP contribution in [0.2, 0.25) is 0 Å². The summed E-state index contributed by atoms with van der Waals surface area (Å²) < 4.78 is 0. The van der Waals surface area contributed by atoms with E-state index in [9.17, 15) is 9.90 Å². The van der Waals surface area contributed by atoms with Crippen LogP contribution in [-0.2, 0) is 4.79 Å². The molecule has 0 bridgehead atoms. The number of rotatable bonds is 6. The van der Waals surface area contributed by atoms with Crippen LogP contribution in [0, 0.1) is 5.92 Å². The van der Waals surface area contributed by atoms with Gasteiger partial charge in [-0.2, -0.15) is 0 Å². The van der Waals surface area contributed by atoms with Gasteiger partial charge in [-0.05, 0) is 23.6 Å². The van der Waals surface area contributed by atoms with Crippen LogP contribution in [0.25, 0.3) is 0 Å². The van der Waals surface area contributed by atoms with Gasteiger partial charge in [0.1, 0.15) is 0 Å². The standard InChI is InChI=1S/C26H27NO2/c1-18(25(28)21-16-10-5-11-17-21)27(2)26(29)24-22(19-12-6-3-7-13-19)23(24)20-14-8-4-9-15-20/h3-18,22-25,28H,1-2H3/t18-,22-,23+,24?,25-/m0/s1. The first kappa shape index (κ1) is 19.4. The van der Waals surface area contributed by atoms with Gasteiger partial charge in [-0.3, -0.25) is 4.79 Å². The van der Waals surface area contributed by atoms with E-state index in [0.29, 0.717) is 0 Å². The van der Waals surface area contributed by atoms with Gasteiger partial charge in [0.25, 0.3) is 0 Å². The molecule has 1 fully saturated rings. The Kier molecular flexibility index (Phi) is 5.50. The number of likely N-dealkylation sites (N-methyl/N-ethyl adjacent to an activating group) is 1. The van der Waals surface area contributed by atoms with Crippen LogP contribution >= 0.6 is 0 Å². The Labute approximate surface area is 172 Å². The number of hydrogen-bond acceptors (Lipinski definition) is 2. The van der Waals surface area contributed by atoms with Crippen molar-refractivity contribution in [1.29, 1.82) is 0 Å². The van der Waals surface area contributed by atoms with Crippen molar-refractivity contribution in [2.24, 2.45) is 5.92 Å². The Morgan fingerprint density at radius 2 is 1.21 bits per heavy atom. The summed E-state index contributed by atoms with van der Waals surface area (Å²) in [5, 5.41) is 10.8. The number of carbonyl (C=O) groups is 1. The normalized spacial score (nSPS) is 22.5. The van der Waals surface area contributed by atoms with Gasteiger partial charge in [-0.25, -0.2) is 0 Å². The van der Waals surface area contributed by atoms with Gasteiger partial charge in [0.05, 0.1) is 18.1 Å². The highest BCUT2D eigenvalue weighted by Crippen LogP contribution is 2.61. The first-order chi connectivity index (χ1) is 14.1. The predicted octanol–water partition coefficient (Wildman–Crippen LogP) is 4.76. The fourth-order valence-electron chi connectivity index (χ4n) is 4.37. The zero-order valence-electron chi connectivity index (χ0n) is 16.8. The fraction of sp³-hybridized carbons (Fsp3) is 0.269. The van der Waals surface area contributed by atoms with Crippen LogP contribution < -0.4 is 0 Å². The lowest BCUT2D eigenvalue weighted by molar-refractivity contribution is -0.135. The minimum absolute atomic E-state index is 0.0928. The van der Waals surface area contributed by atoms with E-state index in [1.807, 2.05) is 80.7 Å². The highest BCUT2D eigenvalue weighted by molar-refractivity contribution is 5.85. The van der Waals surface area contributed by atoms with Crippen LogP contribution in [-0.4, -0.2) is 29.0 Å². The first-order valence-electron chi connectivity index (χ1n) is 10.2. The fourth-order valence-corrected chi connectivity index (χ4v) is 4.37. The molecule has 1 unspecified atom stereocenters. The molecule has 1 saturated carbocycles. The molecule has 0 spiro atoms. The van der Waals surface area contributed by atoms with Crippen molar-refractivity contribution in [3.63, 3.8) is 0 Å². The Balaban J connectivity index is 1.57. The molecule has 0 aliphatic heterocycles. The van der Waals surface area contributed by atoms with E-state index in [0.717, 1.165) is 5.56 Å². The van der Waals surface area contributed by atoms with E-state index in [1.54, 1.807) is 4.90 Å². The highest BCUT2D eigenvalue weighted by atomic mass is 16.3. The Hall–Kier alpha value is -2.91. The quantitative estimate of drug-likeness (QED) is 0.664. The van der Waals surface area contributed by atoms with E-state index in [4.69, 9.17) is 0 Å².